The summed E-state index contributed by atoms with van der Waals surface area (Å²) in [4.78, 5) is 14.7. The number of rotatable bonds is 4. The molecule has 1 unspecified atom stereocenters. The van der Waals surface area contributed by atoms with E-state index in [9.17, 15) is 4.79 Å². The summed E-state index contributed by atoms with van der Waals surface area (Å²) in [5.74, 6) is 0.204. The van der Waals surface area contributed by atoms with Gasteiger partial charge in [0.05, 0.1) is 0 Å². The Morgan fingerprint density at radius 2 is 1.95 bits per heavy atom. The number of benzene rings is 1. The Labute approximate surface area is 115 Å². The lowest BCUT2D eigenvalue weighted by atomic mass is 10.0. The van der Waals surface area contributed by atoms with E-state index in [-0.39, 0.29) is 5.91 Å². The minimum atomic E-state index is 0.204. The molecule has 1 amide bonds. The molecular formula is C16H22N2O. The molecule has 1 aromatic carbocycles. The zero-order valence-electron chi connectivity index (χ0n) is 11.3. The maximum absolute atomic E-state index is 12.6. The number of hydrogen-bond donors (Lipinski definition) is 1. The molecule has 0 bridgehead atoms. The van der Waals surface area contributed by atoms with Crippen LogP contribution < -0.4 is 5.32 Å². The summed E-state index contributed by atoms with van der Waals surface area (Å²) in [5, 5.41) is 3.54. The SMILES string of the molecule is O=C(c1ccccc1)N(CC1CCCCN1)C1CC1. The van der Waals surface area contributed by atoms with Crippen molar-refractivity contribution in [3.05, 3.63) is 35.9 Å². The summed E-state index contributed by atoms with van der Waals surface area (Å²) in [6.45, 7) is 1.97. The van der Waals surface area contributed by atoms with E-state index in [2.05, 4.69) is 10.2 Å². The molecule has 2 fully saturated rings. The second-order valence-corrected chi connectivity index (χ2v) is 5.70. The number of carbonyl (C=O) groups excluding carboxylic acids is 1. The lowest BCUT2D eigenvalue weighted by molar-refractivity contribution is 0.0718. The van der Waals surface area contributed by atoms with Gasteiger partial charge in [-0.2, -0.15) is 0 Å². The fourth-order valence-electron chi connectivity index (χ4n) is 2.85. The van der Waals surface area contributed by atoms with Crippen molar-refractivity contribution < 1.29 is 4.79 Å². The second-order valence-electron chi connectivity index (χ2n) is 5.70. The largest absolute Gasteiger partial charge is 0.334 e. The molecule has 19 heavy (non-hydrogen) atoms. The van der Waals surface area contributed by atoms with Crippen molar-refractivity contribution in [2.24, 2.45) is 0 Å². The van der Waals surface area contributed by atoms with E-state index in [1.54, 1.807) is 0 Å². The van der Waals surface area contributed by atoms with Gasteiger partial charge in [0, 0.05) is 24.2 Å². The molecule has 3 rings (SSSR count). The van der Waals surface area contributed by atoms with Crippen molar-refractivity contribution in [1.82, 2.24) is 10.2 Å². The predicted octanol–water partition coefficient (Wildman–Crippen LogP) is 2.43. The highest BCUT2D eigenvalue weighted by molar-refractivity contribution is 5.94. The molecule has 1 saturated carbocycles. The summed E-state index contributed by atoms with van der Waals surface area (Å²) in [6, 6.07) is 10.7. The molecule has 1 aliphatic carbocycles. The smallest absolute Gasteiger partial charge is 0.254 e. The quantitative estimate of drug-likeness (QED) is 0.899. The van der Waals surface area contributed by atoms with E-state index in [0.29, 0.717) is 12.1 Å². The van der Waals surface area contributed by atoms with Gasteiger partial charge in [0.15, 0.2) is 0 Å². The number of carbonyl (C=O) groups is 1. The molecule has 1 saturated heterocycles. The third-order valence-corrected chi connectivity index (χ3v) is 4.10. The fraction of sp³-hybridized carbons (Fsp3) is 0.562. The molecular weight excluding hydrogens is 236 g/mol. The summed E-state index contributed by atoms with van der Waals surface area (Å²) >= 11 is 0. The first-order valence-electron chi connectivity index (χ1n) is 7.44. The number of piperidine rings is 1. The molecule has 0 aromatic heterocycles. The Bertz CT molecular complexity index is 422. The van der Waals surface area contributed by atoms with E-state index in [4.69, 9.17) is 0 Å². The lowest BCUT2D eigenvalue weighted by Gasteiger charge is -2.31. The van der Waals surface area contributed by atoms with Gasteiger partial charge in [-0.25, -0.2) is 0 Å². The van der Waals surface area contributed by atoms with Gasteiger partial charge >= 0.3 is 0 Å². The topological polar surface area (TPSA) is 32.3 Å². The van der Waals surface area contributed by atoms with Crippen LogP contribution in [0, 0.1) is 0 Å². The van der Waals surface area contributed by atoms with Gasteiger partial charge in [-0.3, -0.25) is 4.79 Å². The van der Waals surface area contributed by atoms with Crippen LogP contribution in [0.1, 0.15) is 42.5 Å². The van der Waals surface area contributed by atoms with Crippen molar-refractivity contribution in [2.75, 3.05) is 13.1 Å². The van der Waals surface area contributed by atoms with Crippen molar-refractivity contribution >= 4 is 5.91 Å². The molecule has 3 nitrogen and oxygen atoms in total. The summed E-state index contributed by atoms with van der Waals surface area (Å²) in [5.41, 5.74) is 0.824. The molecule has 3 heteroatoms. The molecule has 1 aliphatic heterocycles. The Hall–Kier alpha value is -1.35. The predicted molar refractivity (Wildman–Crippen MR) is 76.1 cm³/mol. The van der Waals surface area contributed by atoms with E-state index >= 15 is 0 Å². The first kappa shape index (κ1) is 12.7. The Morgan fingerprint density at radius 3 is 2.58 bits per heavy atom. The van der Waals surface area contributed by atoms with Crippen LogP contribution in [0.2, 0.25) is 0 Å². The third-order valence-electron chi connectivity index (χ3n) is 4.10. The molecule has 0 radical (unpaired) electrons. The van der Waals surface area contributed by atoms with Gasteiger partial charge in [-0.05, 0) is 44.4 Å². The van der Waals surface area contributed by atoms with Crippen molar-refractivity contribution in [3.63, 3.8) is 0 Å². The number of hydrogen-bond acceptors (Lipinski definition) is 2. The number of nitrogens with zero attached hydrogens (tertiary/aromatic N) is 1. The fourth-order valence-corrected chi connectivity index (χ4v) is 2.85. The minimum Gasteiger partial charge on any atom is -0.334 e. The minimum absolute atomic E-state index is 0.204. The first-order valence-corrected chi connectivity index (χ1v) is 7.44. The highest BCUT2D eigenvalue weighted by Gasteiger charge is 2.34. The van der Waals surface area contributed by atoms with Crippen LogP contribution in [0.25, 0.3) is 0 Å². The Kier molecular flexibility index (Phi) is 3.83. The van der Waals surface area contributed by atoms with Crippen molar-refractivity contribution in [2.45, 2.75) is 44.2 Å². The monoisotopic (exact) mass is 258 g/mol. The Balaban J connectivity index is 1.68. The van der Waals surface area contributed by atoms with Crippen molar-refractivity contribution in [1.29, 1.82) is 0 Å². The van der Waals surface area contributed by atoms with E-state index < -0.39 is 0 Å². The number of amides is 1. The van der Waals surface area contributed by atoms with Crippen LogP contribution in [0.4, 0.5) is 0 Å². The Morgan fingerprint density at radius 1 is 1.16 bits per heavy atom. The molecule has 102 valence electrons. The lowest BCUT2D eigenvalue weighted by Crippen LogP contribution is -2.46. The van der Waals surface area contributed by atoms with Gasteiger partial charge in [-0.1, -0.05) is 24.6 Å². The average molecular weight is 258 g/mol. The first-order chi connectivity index (χ1) is 9.34. The van der Waals surface area contributed by atoms with E-state index in [1.165, 1.54) is 32.1 Å². The van der Waals surface area contributed by atoms with Crippen LogP contribution in [0.15, 0.2) is 30.3 Å². The van der Waals surface area contributed by atoms with Crippen LogP contribution in [0.5, 0.6) is 0 Å². The van der Waals surface area contributed by atoms with Crippen LogP contribution in [-0.2, 0) is 0 Å². The number of nitrogens with one attached hydrogen (secondary N) is 1. The average Bonchev–Trinajstić information content (AvgIpc) is 3.31. The van der Waals surface area contributed by atoms with Crippen LogP contribution in [-0.4, -0.2) is 36.0 Å². The molecule has 2 aliphatic rings. The maximum Gasteiger partial charge on any atom is 0.254 e. The zero-order valence-corrected chi connectivity index (χ0v) is 11.3. The van der Waals surface area contributed by atoms with Gasteiger partial charge in [-0.15, -0.1) is 0 Å². The van der Waals surface area contributed by atoms with Gasteiger partial charge in [0.1, 0.15) is 0 Å². The van der Waals surface area contributed by atoms with Crippen molar-refractivity contribution in [3.8, 4) is 0 Å². The highest BCUT2D eigenvalue weighted by Crippen LogP contribution is 2.29. The van der Waals surface area contributed by atoms with Gasteiger partial charge in [0.25, 0.3) is 5.91 Å². The standard InChI is InChI=1S/C16H22N2O/c19-16(13-6-2-1-3-7-13)18(15-9-10-15)12-14-8-4-5-11-17-14/h1-3,6-7,14-15,17H,4-5,8-12H2. The van der Waals surface area contributed by atoms with Crippen LogP contribution >= 0.6 is 0 Å². The zero-order chi connectivity index (χ0) is 13.1. The maximum atomic E-state index is 12.6. The summed E-state index contributed by atoms with van der Waals surface area (Å²) in [7, 11) is 0. The highest BCUT2D eigenvalue weighted by atomic mass is 16.2. The summed E-state index contributed by atoms with van der Waals surface area (Å²) < 4.78 is 0. The molecule has 1 heterocycles. The van der Waals surface area contributed by atoms with E-state index in [0.717, 1.165) is 18.7 Å². The normalized spacial score (nSPS) is 23.1. The molecule has 1 N–H and O–H groups in total. The second kappa shape index (κ2) is 5.74. The van der Waals surface area contributed by atoms with E-state index in [1.807, 2.05) is 30.3 Å². The molecule has 1 atom stereocenters. The van der Waals surface area contributed by atoms with Gasteiger partial charge < -0.3 is 10.2 Å². The molecule has 0 spiro atoms. The third kappa shape index (κ3) is 3.16. The molecule has 1 aromatic rings. The van der Waals surface area contributed by atoms with Crippen LogP contribution in [0.3, 0.4) is 0 Å². The summed E-state index contributed by atoms with van der Waals surface area (Å²) in [6.07, 6.45) is 6.10. The van der Waals surface area contributed by atoms with Gasteiger partial charge in [0.2, 0.25) is 0 Å².